The number of benzene rings is 2. The van der Waals surface area contributed by atoms with Crippen molar-refractivity contribution in [2.24, 2.45) is 5.92 Å². The van der Waals surface area contributed by atoms with E-state index in [0.717, 1.165) is 39.9 Å². The lowest BCUT2D eigenvalue weighted by molar-refractivity contribution is 0.0960. The molecule has 0 bridgehead atoms. The lowest BCUT2D eigenvalue weighted by atomic mass is 9.91. The number of nitrogens with zero attached hydrogens (tertiary/aromatic N) is 1. The van der Waals surface area contributed by atoms with Gasteiger partial charge in [0, 0.05) is 33.6 Å². The Hall–Kier alpha value is -3.08. The number of aromatic nitrogens is 3. The minimum Gasteiger partial charge on any atom is -0.358 e. The van der Waals surface area contributed by atoms with Gasteiger partial charge in [-0.1, -0.05) is 44.9 Å². The van der Waals surface area contributed by atoms with Crippen LogP contribution in [0.1, 0.15) is 84.5 Å². The maximum absolute atomic E-state index is 13.0. The summed E-state index contributed by atoms with van der Waals surface area (Å²) < 4.78 is 0. The summed E-state index contributed by atoms with van der Waals surface area (Å²) >= 11 is 0. The van der Waals surface area contributed by atoms with Crippen LogP contribution in [0.4, 0.5) is 0 Å². The molecule has 1 amide bonds. The molecule has 2 aromatic carbocycles. The average molecular weight is 413 g/mol. The zero-order valence-corrected chi connectivity index (χ0v) is 18.1. The van der Waals surface area contributed by atoms with Crippen molar-refractivity contribution in [3.63, 3.8) is 0 Å². The van der Waals surface area contributed by atoms with Crippen molar-refractivity contribution in [3.8, 4) is 0 Å². The molecule has 0 spiro atoms. The lowest BCUT2D eigenvalue weighted by Crippen LogP contribution is -2.21. The molecule has 31 heavy (non-hydrogen) atoms. The van der Waals surface area contributed by atoms with E-state index in [1.807, 2.05) is 6.07 Å². The fourth-order valence-corrected chi connectivity index (χ4v) is 5.25. The van der Waals surface area contributed by atoms with Crippen LogP contribution in [0.25, 0.3) is 21.9 Å². The summed E-state index contributed by atoms with van der Waals surface area (Å²) in [5.41, 5.74) is 7.32. The normalized spacial score (nSPS) is 19.2. The highest BCUT2D eigenvalue weighted by Crippen LogP contribution is 2.42. The lowest BCUT2D eigenvalue weighted by Gasteiger charge is -2.16. The monoisotopic (exact) mass is 412 g/mol. The number of imidazole rings is 1. The number of amides is 1. The third-order valence-electron chi connectivity index (χ3n) is 6.92. The van der Waals surface area contributed by atoms with Crippen molar-refractivity contribution < 1.29 is 4.79 Å². The van der Waals surface area contributed by atoms with Gasteiger partial charge in [0.1, 0.15) is 5.82 Å². The molecule has 3 N–H and O–H groups in total. The number of H-pyrrole nitrogens is 2. The van der Waals surface area contributed by atoms with E-state index >= 15 is 0 Å². The topological polar surface area (TPSA) is 73.6 Å². The van der Waals surface area contributed by atoms with Crippen LogP contribution in [-0.4, -0.2) is 20.9 Å². The van der Waals surface area contributed by atoms with Gasteiger partial charge in [-0.3, -0.25) is 4.79 Å². The first-order valence-corrected chi connectivity index (χ1v) is 11.6. The van der Waals surface area contributed by atoms with Crippen LogP contribution < -0.4 is 5.32 Å². The molecule has 0 radical (unpaired) electrons. The summed E-state index contributed by atoms with van der Waals surface area (Å²) in [5, 5.41) is 4.47. The number of aromatic amines is 2. The van der Waals surface area contributed by atoms with Crippen molar-refractivity contribution >= 4 is 27.8 Å². The number of rotatable bonds is 6. The standard InChI is InChI=1S/C26H28N4O/c1-3-6-14(2)11-22-23(16-7-4-5-8-19(16)27-22)24-17-12-20-21(13-18(17)26(31)30-24)29-25(28-20)15-9-10-15/h4-5,7-8,12-15,24,27H,3,6,9-11H2,1-2H3,(H,28,29)(H,30,31). The minimum absolute atomic E-state index is 0.00397. The molecule has 4 aromatic rings. The van der Waals surface area contributed by atoms with Crippen molar-refractivity contribution in [2.45, 2.75) is 57.9 Å². The van der Waals surface area contributed by atoms with Gasteiger partial charge >= 0.3 is 0 Å². The van der Waals surface area contributed by atoms with Crippen LogP contribution in [0.2, 0.25) is 0 Å². The Morgan fingerprint density at radius 3 is 2.77 bits per heavy atom. The maximum atomic E-state index is 13.0. The van der Waals surface area contributed by atoms with Crippen molar-refractivity contribution in [3.05, 3.63) is 64.6 Å². The molecule has 1 aliphatic heterocycles. The summed E-state index contributed by atoms with van der Waals surface area (Å²) in [5.74, 6) is 2.21. The highest BCUT2D eigenvalue weighted by molar-refractivity contribution is 6.03. The minimum atomic E-state index is -0.139. The van der Waals surface area contributed by atoms with Gasteiger partial charge in [0.25, 0.3) is 5.91 Å². The van der Waals surface area contributed by atoms with E-state index in [1.165, 1.54) is 42.3 Å². The Morgan fingerprint density at radius 2 is 1.97 bits per heavy atom. The number of nitrogens with one attached hydrogen (secondary N) is 3. The second kappa shape index (κ2) is 6.98. The SMILES string of the molecule is CCCC(C)Cc1[nH]c2ccccc2c1C1NC(=O)c2cc3nc(C4CC4)[nH]c3cc21. The van der Waals surface area contributed by atoms with Gasteiger partial charge in [0.05, 0.1) is 17.1 Å². The van der Waals surface area contributed by atoms with Gasteiger partial charge in [0.2, 0.25) is 0 Å². The number of carbonyl (C=O) groups is 1. The van der Waals surface area contributed by atoms with Crippen molar-refractivity contribution in [2.75, 3.05) is 0 Å². The zero-order valence-electron chi connectivity index (χ0n) is 18.1. The van der Waals surface area contributed by atoms with Crippen LogP contribution in [0, 0.1) is 5.92 Å². The largest absolute Gasteiger partial charge is 0.358 e. The molecule has 2 atom stereocenters. The number of carbonyl (C=O) groups excluding carboxylic acids is 1. The first-order chi connectivity index (χ1) is 15.1. The first-order valence-electron chi connectivity index (χ1n) is 11.6. The third kappa shape index (κ3) is 3.06. The van der Waals surface area contributed by atoms with Gasteiger partial charge in [-0.05, 0) is 48.9 Å². The fraction of sp³-hybridized carbons (Fsp3) is 0.385. The van der Waals surface area contributed by atoms with Crippen LogP contribution in [0.5, 0.6) is 0 Å². The fourth-order valence-electron chi connectivity index (χ4n) is 5.25. The molecule has 0 saturated heterocycles. The number of para-hydroxylation sites is 1. The molecule has 2 unspecified atom stereocenters. The van der Waals surface area contributed by atoms with Crippen LogP contribution in [0.15, 0.2) is 36.4 Å². The number of hydrogen-bond donors (Lipinski definition) is 3. The molecule has 3 heterocycles. The molecule has 1 fully saturated rings. The third-order valence-corrected chi connectivity index (χ3v) is 6.92. The Morgan fingerprint density at radius 1 is 1.13 bits per heavy atom. The Bertz CT molecular complexity index is 1310. The molecule has 5 heteroatoms. The van der Waals surface area contributed by atoms with Crippen molar-refractivity contribution in [1.82, 2.24) is 20.3 Å². The molecule has 5 nitrogen and oxygen atoms in total. The van der Waals surface area contributed by atoms with Crippen LogP contribution >= 0.6 is 0 Å². The highest BCUT2D eigenvalue weighted by Gasteiger charge is 2.35. The van der Waals surface area contributed by atoms with E-state index in [1.54, 1.807) is 0 Å². The molecule has 158 valence electrons. The zero-order chi connectivity index (χ0) is 21.1. The van der Waals surface area contributed by atoms with Gasteiger partial charge in [0.15, 0.2) is 0 Å². The Kier molecular flexibility index (Phi) is 4.20. The Labute approximate surface area is 181 Å². The molecule has 1 aliphatic carbocycles. The van der Waals surface area contributed by atoms with Crippen molar-refractivity contribution in [1.29, 1.82) is 0 Å². The smallest absolute Gasteiger partial charge is 0.252 e. The molecule has 2 aromatic heterocycles. The second-order valence-corrected chi connectivity index (χ2v) is 9.42. The molecule has 2 aliphatic rings. The summed E-state index contributed by atoms with van der Waals surface area (Å²) in [7, 11) is 0. The quantitative estimate of drug-likeness (QED) is 0.378. The first kappa shape index (κ1) is 18.7. The molecular weight excluding hydrogens is 384 g/mol. The maximum Gasteiger partial charge on any atom is 0.252 e. The van der Waals surface area contributed by atoms with E-state index < -0.39 is 0 Å². The predicted molar refractivity (Wildman–Crippen MR) is 123 cm³/mol. The number of fused-ring (bicyclic) bond motifs is 3. The van der Waals surface area contributed by atoms with E-state index in [0.29, 0.717) is 11.8 Å². The Balaban J connectivity index is 1.49. The van der Waals surface area contributed by atoms with E-state index in [9.17, 15) is 4.79 Å². The van der Waals surface area contributed by atoms with Crippen LogP contribution in [0.3, 0.4) is 0 Å². The van der Waals surface area contributed by atoms with Gasteiger partial charge in [-0.2, -0.15) is 0 Å². The predicted octanol–water partition coefficient (Wildman–Crippen LogP) is 5.73. The second-order valence-electron chi connectivity index (χ2n) is 9.42. The average Bonchev–Trinajstić information content (AvgIpc) is 3.32. The van der Waals surface area contributed by atoms with Gasteiger partial charge < -0.3 is 15.3 Å². The van der Waals surface area contributed by atoms with E-state index in [-0.39, 0.29) is 11.9 Å². The highest BCUT2D eigenvalue weighted by atomic mass is 16.2. The van der Waals surface area contributed by atoms with E-state index in [2.05, 4.69) is 59.5 Å². The van der Waals surface area contributed by atoms with E-state index in [4.69, 9.17) is 4.98 Å². The number of hydrogen-bond acceptors (Lipinski definition) is 2. The van der Waals surface area contributed by atoms with Gasteiger partial charge in [-0.25, -0.2) is 4.98 Å². The summed E-state index contributed by atoms with van der Waals surface area (Å²) in [6, 6.07) is 12.4. The molecule has 6 rings (SSSR count). The summed E-state index contributed by atoms with van der Waals surface area (Å²) in [6.45, 7) is 4.55. The van der Waals surface area contributed by atoms with Crippen LogP contribution in [-0.2, 0) is 6.42 Å². The summed E-state index contributed by atoms with van der Waals surface area (Å²) in [6.07, 6.45) is 5.77. The van der Waals surface area contributed by atoms with Gasteiger partial charge in [-0.15, -0.1) is 0 Å². The molecular formula is C26H28N4O. The molecule has 1 saturated carbocycles. The summed E-state index contributed by atoms with van der Waals surface area (Å²) in [4.78, 5) is 24.9.